The monoisotopic (exact) mass is 315 g/mol. The maximum atomic E-state index is 10.4. The summed E-state index contributed by atoms with van der Waals surface area (Å²) in [5.74, 6) is 2.00. The number of aliphatic hydroxyl groups is 1. The molecule has 1 aromatic carbocycles. The van der Waals surface area contributed by atoms with Crippen LogP contribution in [0.4, 0.5) is 0 Å². The number of rotatable bonds is 2. The Hall–Kier alpha value is -1.71. The second-order valence-corrected chi connectivity index (χ2v) is 6.48. The minimum absolute atomic E-state index is 0.355. The van der Waals surface area contributed by atoms with E-state index in [4.69, 9.17) is 16.0 Å². The van der Waals surface area contributed by atoms with E-state index < -0.39 is 0 Å². The Morgan fingerprint density at radius 3 is 2.50 bits per heavy atom. The van der Waals surface area contributed by atoms with E-state index >= 15 is 0 Å². The number of hydrogen-bond acceptors (Lipinski definition) is 3. The zero-order chi connectivity index (χ0) is 15.1. The lowest BCUT2D eigenvalue weighted by atomic mass is 9.83. The summed E-state index contributed by atoms with van der Waals surface area (Å²) in [4.78, 5) is 2.27. The Bertz CT molecular complexity index is 692. The van der Waals surface area contributed by atoms with Gasteiger partial charge in [0.05, 0.1) is 6.10 Å². The van der Waals surface area contributed by atoms with E-state index in [9.17, 15) is 5.11 Å². The Morgan fingerprint density at radius 2 is 1.82 bits per heavy atom. The SMILES string of the molecule is O[C@@H]1/C(=C/c2ccc(-c3ccc(Cl)cc3)o2)N2CCC1CC2. The van der Waals surface area contributed by atoms with Crippen LogP contribution in [0.2, 0.25) is 5.02 Å². The Balaban J connectivity index is 1.62. The quantitative estimate of drug-likeness (QED) is 0.909. The third kappa shape index (κ3) is 2.44. The highest BCUT2D eigenvalue weighted by Crippen LogP contribution is 2.36. The number of aliphatic hydroxyl groups excluding tert-OH is 1. The molecule has 1 N–H and O–H groups in total. The number of nitrogens with zero attached hydrogens (tertiary/aromatic N) is 1. The largest absolute Gasteiger partial charge is 0.457 e. The van der Waals surface area contributed by atoms with Gasteiger partial charge in [-0.15, -0.1) is 0 Å². The number of fused-ring (bicyclic) bond motifs is 3. The zero-order valence-corrected chi connectivity index (χ0v) is 13.0. The molecule has 4 heterocycles. The maximum absolute atomic E-state index is 10.4. The Morgan fingerprint density at radius 1 is 1.09 bits per heavy atom. The van der Waals surface area contributed by atoms with Gasteiger partial charge in [-0.1, -0.05) is 11.6 Å². The van der Waals surface area contributed by atoms with Crippen molar-refractivity contribution in [3.8, 4) is 11.3 Å². The van der Waals surface area contributed by atoms with Gasteiger partial charge in [-0.3, -0.25) is 0 Å². The lowest BCUT2D eigenvalue weighted by Gasteiger charge is -2.45. The summed E-state index contributed by atoms with van der Waals surface area (Å²) in [7, 11) is 0. The highest BCUT2D eigenvalue weighted by atomic mass is 35.5. The smallest absolute Gasteiger partial charge is 0.134 e. The number of hydrogen-bond donors (Lipinski definition) is 1. The van der Waals surface area contributed by atoms with E-state index in [2.05, 4.69) is 4.90 Å². The topological polar surface area (TPSA) is 36.6 Å². The molecule has 2 bridgehead atoms. The van der Waals surface area contributed by atoms with Gasteiger partial charge < -0.3 is 14.4 Å². The molecule has 0 amide bonds. The summed E-state index contributed by atoms with van der Waals surface area (Å²) < 4.78 is 5.91. The van der Waals surface area contributed by atoms with E-state index in [1.807, 2.05) is 42.5 Å². The summed E-state index contributed by atoms with van der Waals surface area (Å²) in [6.45, 7) is 2.08. The predicted molar refractivity (Wildman–Crippen MR) is 87.4 cm³/mol. The highest BCUT2D eigenvalue weighted by molar-refractivity contribution is 6.30. The van der Waals surface area contributed by atoms with E-state index in [0.717, 1.165) is 48.7 Å². The van der Waals surface area contributed by atoms with Crippen LogP contribution in [0, 0.1) is 5.92 Å². The average Bonchev–Trinajstić information content (AvgIpc) is 3.01. The first-order valence-electron chi connectivity index (χ1n) is 7.71. The normalized spacial score (nSPS) is 25.9. The summed E-state index contributed by atoms with van der Waals surface area (Å²) in [6.07, 6.45) is 3.81. The van der Waals surface area contributed by atoms with Crippen LogP contribution in [0.1, 0.15) is 18.6 Å². The molecule has 1 atom stereocenters. The van der Waals surface area contributed by atoms with Gasteiger partial charge in [0, 0.05) is 35.4 Å². The molecule has 0 spiro atoms. The van der Waals surface area contributed by atoms with Crippen molar-refractivity contribution in [3.63, 3.8) is 0 Å². The molecule has 114 valence electrons. The second kappa shape index (κ2) is 5.49. The van der Waals surface area contributed by atoms with Gasteiger partial charge in [0.15, 0.2) is 0 Å². The molecule has 4 heteroatoms. The van der Waals surface area contributed by atoms with Crippen molar-refractivity contribution in [2.24, 2.45) is 5.92 Å². The van der Waals surface area contributed by atoms with Gasteiger partial charge in [0.1, 0.15) is 11.5 Å². The van der Waals surface area contributed by atoms with E-state index in [-0.39, 0.29) is 6.10 Å². The first-order valence-corrected chi connectivity index (χ1v) is 8.09. The highest BCUT2D eigenvalue weighted by Gasteiger charge is 2.36. The van der Waals surface area contributed by atoms with Gasteiger partial charge in [-0.2, -0.15) is 0 Å². The summed E-state index contributed by atoms with van der Waals surface area (Å²) >= 11 is 5.91. The van der Waals surface area contributed by atoms with Gasteiger partial charge in [-0.05, 0) is 55.2 Å². The van der Waals surface area contributed by atoms with E-state index in [1.54, 1.807) is 0 Å². The Kier molecular flexibility index (Phi) is 3.47. The summed E-state index contributed by atoms with van der Waals surface area (Å²) in [6, 6.07) is 11.5. The van der Waals surface area contributed by atoms with Gasteiger partial charge in [-0.25, -0.2) is 0 Å². The third-order valence-corrected chi connectivity index (χ3v) is 4.95. The maximum Gasteiger partial charge on any atom is 0.134 e. The minimum Gasteiger partial charge on any atom is -0.457 e. The van der Waals surface area contributed by atoms with Crippen molar-refractivity contribution in [1.29, 1.82) is 0 Å². The second-order valence-electron chi connectivity index (χ2n) is 6.05. The van der Waals surface area contributed by atoms with Gasteiger partial charge in [0.2, 0.25) is 0 Å². The molecular weight excluding hydrogens is 298 g/mol. The molecule has 0 unspecified atom stereocenters. The fraction of sp³-hybridized carbons (Fsp3) is 0.333. The molecular formula is C18H18ClNO2. The fourth-order valence-corrected chi connectivity index (χ4v) is 3.55. The van der Waals surface area contributed by atoms with Crippen molar-refractivity contribution in [1.82, 2.24) is 4.90 Å². The van der Waals surface area contributed by atoms with Crippen molar-refractivity contribution in [2.75, 3.05) is 13.1 Å². The van der Waals surface area contributed by atoms with Crippen LogP contribution < -0.4 is 0 Å². The van der Waals surface area contributed by atoms with E-state index in [1.165, 1.54) is 0 Å². The van der Waals surface area contributed by atoms with Crippen LogP contribution in [0.3, 0.4) is 0 Å². The summed E-state index contributed by atoms with van der Waals surface area (Å²) in [5.41, 5.74) is 2.00. The predicted octanol–water partition coefficient (Wildman–Crippen LogP) is 4.03. The molecule has 3 aliphatic heterocycles. The number of halogens is 1. The van der Waals surface area contributed by atoms with Gasteiger partial charge in [0.25, 0.3) is 0 Å². The molecule has 2 aromatic rings. The molecule has 5 rings (SSSR count). The van der Waals surface area contributed by atoms with Crippen molar-refractivity contribution in [2.45, 2.75) is 18.9 Å². The lowest BCUT2D eigenvalue weighted by molar-refractivity contribution is 0.0213. The van der Waals surface area contributed by atoms with Crippen LogP contribution in [0.25, 0.3) is 17.4 Å². The van der Waals surface area contributed by atoms with Crippen LogP contribution in [-0.2, 0) is 0 Å². The van der Waals surface area contributed by atoms with Crippen LogP contribution in [-0.4, -0.2) is 29.2 Å². The van der Waals surface area contributed by atoms with Crippen molar-refractivity contribution in [3.05, 3.63) is 52.9 Å². The first-order chi connectivity index (χ1) is 10.7. The van der Waals surface area contributed by atoms with Crippen molar-refractivity contribution < 1.29 is 9.52 Å². The van der Waals surface area contributed by atoms with E-state index in [0.29, 0.717) is 10.9 Å². The van der Waals surface area contributed by atoms with Crippen LogP contribution in [0.5, 0.6) is 0 Å². The molecule has 22 heavy (non-hydrogen) atoms. The molecule has 0 aliphatic carbocycles. The zero-order valence-electron chi connectivity index (χ0n) is 12.2. The standard InChI is InChI=1S/C18H18ClNO2/c19-14-3-1-12(2-4-14)17-6-5-15(22-17)11-16-18(21)13-7-9-20(16)10-8-13/h1-6,11,13,18,21H,7-10H2/b16-11-/t18-/m0/s1. The third-order valence-electron chi connectivity index (χ3n) is 4.70. The molecule has 3 aliphatic rings. The molecule has 0 radical (unpaired) electrons. The molecule has 1 aromatic heterocycles. The van der Waals surface area contributed by atoms with Gasteiger partial charge >= 0.3 is 0 Å². The van der Waals surface area contributed by atoms with Crippen LogP contribution >= 0.6 is 11.6 Å². The number of piperidine rings is 3. The molecule has 0 saturated carbocycles. The number of benzene rings is 1. The van der Waals surface area contributed by atoms with Crippen LogP contribution in [0.15, 0.2) is 46.5 Å². The Labute approximate surface area is 134 Å². The lowest BCUT2D eigenvalue weighted by Crippen LogP contribution is -2.48. The first kappa shape index (κ1) is 13.9. The van der Waals surface area contributed by atoms with Crippen molar-refractivity contribution >= 4 is 17.7 Å². The molecule has 3 fully saturated rings. The molecule has 3 nitrogen and oxygen atoms in total. The number of furan rings is 1. The minimum atomic E-state index is -0.355. The summed E-state index contributed by atoms with van der Waals surface area (Å²) in [5, 5.41) is 11.1. The molecule has 3 saturated heterocycles. The fourth-order valence-electron chi connectivity index (χ4n) is 3.42. The average molecular weight is 316 g/mol.